The first-order chi connectivity index (χ1) is 22.9. The van der Waals surface area contributed by atoms with Gasteiger partial charge in [0, 0.05) is 46.4 Å². The van der Waals surface area contributed by atoms with E-state index in [2.05, 4.69) is 6.58 Å². The van der Waals surface area contributed by atoms with Crippen LogP contribution in [0.15, 0.2) is 48.1 Å². The van der Waals surface area contributed by atoms with E-state index in [0.29, 0.717) is 33.6 Å². The minimum atomic E-state index is -1.88. The zero-order valence-electron chi connectivity index (χ0n) is 28.9. The van der Waals surface area contributed by atoms with Crippen LogP contribution < -0.4 is 28.4 Å². The van der Waals surface area contributed by atoms with Gasteiger partial charge >= 0.3 is 11.9 Å². The Morgan fingerprint density at radius 2 is 1.58 bits per heavy atom. The maximum absolute atomic E-state index is 13.5. The maximum Gasteiger partial charge on any atom is 0.334 e. The second-order valence-corrected chi connectivity index (χ2v) is 11.5. The molecule has 0 saturated carbocycles. The molecule has 0 fully saturated rings. The smallest absolute Gasteiger partial charge is 0.334 e. The molecule has 0 spiro atoms. The number of benzene rings is 2. The van der Waals surface area contributed by atoms with E-state index in [1.165, 1.54) is 28.3 Å². The third-order valence-electron chi connectivity index (χ3n) is 8.69. The minimum absolute atomic E-state index is 0.0257. The van der Waals surface area contributed by atoms with E-state index in [4.69, 9.17) is 42.6 Å². The van der Waals surface area contributed by atoms with Gasteiger partial charge in [-0.1, -0.05) is 31.7 Å². The van der Waals surface area contributed by atoms with Gasteiger partial charge in [-0.2, -0.15) is 0 Å². The topological polar surface area (TPSA) is 137 Å². The maximum atomic E-state index is 13.5. The third kappa shape index (κ3) is 6.54. The van der Waals surface area contributed by atoms with Crippen LogP contribution in [0.1, 0.15) is 64.9 Å². The third-order valence-corrected chi connectivity index (χ3v) is 8.69. The molecule has 12 nitrogen and oxygen atoms in total. The van der Waals surface area contributed by atoms with E-state index in [-0.39, 0.29) is 54.5 Å². The summed E-state index contributed by atoms with van der Waals surface area (Å²) in [6.07, 6.45) is 2.24. The molecule has 48 heavy (non-hydrogen) atoms. The van der Waals surface area contributed by atoms with Crippen molar-refractivity contribution in [1.82, 2.24) is 0 Å². The highest BCUT2D eigenvalue weighted by Gasteiger charge is 2.52. The first-order valence-electron chi connectivity index (χ1n) is 15.4. The summed E-state index contributed by atoms with van der Waals surface area (Å²) < 4.78 is 53.5. The fraction of sp³-hybridized carbons (Fsp3) is 0.444. The lowest BCUT2D eigenvalue weighted by Gasteiger charge is -2.44. The number of allylic oxidation sites excluding steroid dienone is 2. The molecule has 260 valence electrons. The largest absolute Gasteiger partial charge is 0.493 e. The fourth-order valence-electron chi connectivity index (χ4n) is 5.62. The number of methoxy groups -OCH3 is 3. The van der Waals surface area contributed by atoms with Crippen LogP contribution in [-0.4, -0.2) is 64.2 Å². The molecule has 2 aliphatic rings. The van der Waals surface area contributed by atoms with Gasteiger partial charge in [0.2, 0.25) is 18.3 Å². The highest BCUT2D eigenvalue weighted by molar-refractivity contribution is 5.92. The van der Waals surface area contributed by atoms with E-state index in [1.54, 1.807) is 65.0 Å². The number of hydrogen-bond acceptors (Lipinski definition) is 12. The van der Waals surface area contributed by atoms with Crippen LogP contribution in [0.5, 0.6) is 34.5 Å². The van der Waals surface area contributed by atoms with Crippen molar-refractivity contribution in [3.8, 4) is 45.6 Å². The van der Waals surface area contributed by atoms with Crippen molar-refractivity contribution in [1.29, 1.82) is 0 Å². The van der Waals surface area contributed by atoms with Crippen molar-refractivity contribution in [2.45, 2.75) is 59.4 Å². The summed E-state index contributed by atoms with van der Waals surface area (Å²) in [7, 11) is 4.37. The lowest BCUT2D eigenvalue weighted by atomic mass is 9.71. The number of ether oxygens (including phenoxy) is 9. The van der Waals surface area contributed by atoms with E-state index >= 15 is 0 Å². The minimum Gasteiger partial charge on any atom is -0.493 e. The molecule has 1 aliphatic carbocycles. The highest BCUT2D eigenvalue weighted by atomic mass is 16.7. The predicted molar refractivity (Wildman–Crippen MR) is 176 cm³/mol. The lowest BCUT2D eigenvalue weighted by Crippen LogP contribution is -2.46. The van der Waals surface area contributed by atoms with Crippen molar-refractivity contribution >= 4 is 11.9 Å². The standard InChI is InChI=1S/C36H44O12/c1-11-14-43-31-27-23(16-24(41-9)29(31)42-10)33(48-35(38)20(5)13-3)36(7,39)21(6)28(47-34(37)19(4)12-2)22-15-25-30(46-18-44-25)32(26(22)27)45-17-40-8/h11-13,15-16,21,28,33,39H,1,14,17-18H2,2-10H3/b19-12-,20-13-/t21-,28+,33-,36-/m0/s1. The van der Waals surface area contributed by atoms with Gasteiger partial charge in [0.15, 0.2) is 35.9 Å². The molecule has 0 amide bonds. The summed E-state index contributed by atoms with van der Waals surface area (Å²) in [5.41, 5.74) is 0.0822. The Balaban J connectivity index is 2.28. The number of aliphatic hydroxyl groups is 1. The highest BCUT2D eigenvalue weighted by Crippen LogP contribution is 2.61. The molecule has 1 aliphatic heterocycles. The molecule has 1 heterocycles. The van der Waals surface area contributed by atoms with Gasteiger partial charge in [0.1, 0.15) is 18.3 Å². The van der Waals surface area contributed by atoms with Gasteiger partial charge in [0.05, 0.1) is 14.2 Å². The van der Waals surface area contributed by atoms with Crippen molar-refractivity contribution in [3.05, 3.63) is 59.2 Å². The number of fused-ring (bicyclic) bond motifs is 4. The quantitative estimate of drug-likeness (QED) is 0.120. The SMILES string of the molecule is C=CCOc1c(OC)c(OC)cc2c1-c1c(cc3c(c1OCOC)OCO3)[C@H](OC(=O)/C(C)=C\C)[C@H](C)[C@](C)(O)[C@H]2OC(=O)/C(C)=C\C. The Kier molecular flexibility index (Phi) is 11.3. The summed E-state index contributed by atoms with van der Waals surface area (Å²) in [5.74, 6) is -0.885. The lowest BCUT2D eigenvalue weighted by molar-refractivity contribution is -0.181. The van der Waals surface area contributed by atoms with Crippen LogP contribution in [0.2, 0.25) is 0 Å². The first-order valence-corrected chi connectivity index (χ1v) is 15.4. The Bertz CT molecular complexity index is 1620. The van der Waals surface area contributed by atoms with Crippen LogP contribution in [0, 0.1) is 5.92 Å². The van der Waals surface area contributed by atoms with Gasteiger partial charge in [-0.05, 0) is 46.8 Å². The van der Waals surface area contributed by atoms with Gasteiger partial charge in [-0.25, -0.2) is 9.59 Å². The van der Waals surface area contributed by atoms with Gasteiger partial charge in [-0.15, -0.1) is 0 Å². The molecular formula is C36H44O12. The number of carbonyl (C=O) groups excluding carboxylic acids is 2. The number of hydrogen-bond donors (Lipinski definition) is 1. The number of carbonyl (C=O) groups is 2. The summed E-state index contributed by atoms with van der Waals surface area (Å²) >= 11 is 0. The van der Waals surface area contributed by atoms with Crippen LogP contribution in [0.25, 0.3) is 11.1 Å². The summed E-state index contributed by atoms with van der Waals surface area (Å²) in [6.45, 7) is 13.4. The molecule has 0 bridgehead atoms. The summed E-state index contributed by atoms with van der Waals surface area (Å²) in [5, 5.41) is 12.6. The molecule has 12 heteroatoms. The molecular weight excluding hydrogens is 624 g/mol. The van der Waals surface area contributed by atoms with E-state index in [9.17, 15) is 14.7 Å². The Morgan fingerprint density at radius 3 is 2.17 bits per heavy atom. The van der Waals surface area contributed by atoms with Crippen LogP contribution in [-0.2, 0) is 23.8 Å². The fourth-order valence-corrected chi connectivity index (χ4v) is 5.62. The normalized spacial score (nSPS) is 21.6. The molecule has 4 atom stereocenters. The molecule has 0 saturated heterocycles. The second-order valence-electron chi connectivity index (χ2n) is 11.5. The first kappa shape index (κ1) is 36.2. The van der Waals surface area contributed by atoms with Crippen molar-refractivity contribution in [2.75, 3.05) is 41.5 Å². The average molecular weight is 669 g/mol. The van der Waals surface area contributed by atoms with Crippen LogP contribution in [0.4, 0.5) is 0 Å². The van der Waals surface area contributed by atoms with E-state index in [0.717, 1.165) is 0 Å². The van der Waals surface area contributed by atoms with Crippen molar-refractivity contribution in [3.63, 3.8) is 0 Å². The van der Waals surface area contributed by atoms with Gasteiger partial charge in [-0.3, -0.25) is 0 Å². The van der Waals surface area contributed by atoms with E-state index < -0.39 is 35.7 Å². The second kappa shape index (κ2) is 15.0. The Morgan fingerprint density at radius 1 is 0.938 bits per heavy atom. The number of rotatable bonds is 12. The summed E-state index contributed by atoms with van der Waals surface area (Å²) in [4.78, 5) is 27.0. The predicted octanol–water partition coefficient (Wildman–Crippen LogP) is 6.15. The molecule has 2 aromatic rings. The molecule has 0 radical (unpaired) electrons. The average Bonchev–Trinajstić information content (AvgIpc) is 3.56. The molecule has 1 N–H and O–H groups in total. The van der Waals surface area contributed by atoms with Crippen molar-refractivity contribution in [2.24, 2.45) is 5.92 Å². The zero-order valence-corrected chi connectivity index (χ0v) is 28.9. The molecule has 4 rings (SSSR count). The van der Waals surface area contributed by atoms with Crippen molar-refractivity contribution < 1.29 is 57.3 Å². The monoisotopic (exact) mass is 668 g/mol. The zero-order chi connectivity index (χ0) is 35.3. The van der Waals surface area contributed by atoms with Crippen LogP contribution in [0.3, 0.4) is 0 Å². The molecule has 0 aromatic heterocycles. The van der Waals surface area contributed by atoms with Gasteiger partial charge in [0.25, 0.3) is 0 Å². The molecule has 0 unspecified atom stereocenters. The number of esters is 2. The molecule has 2 aromatic carbocycles. The Labute approximate surface area is 280 Å². The summed E-state index contributed by atoms with van der Waals surface area (Å²) in [6, 6.07) is 3.30. The van der Waals surface area contributed by atoms with Gasteiger partial charge < -0.3 is 47.7 Å². The van der Waals surface area contributed by atoms with E-state index in [1.807, 2.05) is 0 Å². The Hall–Kier alpha value is -4.68. The van der Waals surface area contributed by atoms with Crippen LogP contribution >= 0.6 is 0 Å².